The van der Waals surface area contributed by atoms with Gasteiger partial charge in [0.1, 0.15) is 18.3 Å². The summed E-state index contributed by atoms with van der Waals surface area (Å²) in [5.74, 6) is -0.175. The molecule has 0 aliphatic heterocycles. The van der Waals surface area contributed by atoms with E-state index in [0.29, 0.717) is 24.4 Å². The highest BCUT2D eigenvalue weighted by Gasteiger charge is 2.33. The van der Waals surface area contributed by atoms with Gasteiger partial charge in [0, 0.05) is 19.5 Å². The summed E-state index contributed by atoms with van der Waals surface area (Å²) < 4.78 is 32.4. The Kier molecular flexibility index (Phi) is 10.5. The molecule has 8 nitrogen and oxygen atoms in total. The maximum Gasteiger partial charge on any atom is 0.244 e. The van der Waals surface area contributed by atoms with Crippen LogP contribution >= 0.6 is 0 Å². The van der Waals surface area contributed by atoms with Crippen LogP contribution in [0.25, 0.3) is 0 Å². The van der Waals surface area contributed by atoms with E-state index in [9.17, 15) is 18.0 Å². The van der Waals surface area contributed by atoms with Crippen molar-refractivity contribution < 1.29 is 22.7 Å². The van der Waals surface area contributed by atoms with Crippen molar-refractivity contribution in [3.63, 3.8) is 0 Å². The number of hydrogen-bond acceptors (Lipinski definition) is 5. The number of ether oxygens (including phenoxy) is 1. The van der Waals surface area contributed by atoms with Crippen LogP contribution in [0.3, 0.4) is 0 Å². The number of carbonyl (C=O) groups is 2. The standard InChI is InChI=1S/C30H37N3O5S/c1-5-25-16-10-11-18-27(25)33(39(4,36)37)22-29(34)32(21-24-15-12-17-26(19-24)38-3)28(30(35)31-6-2)20-23-13-8-7-9-14-23/h7-19,28H,5-6,20-22H2,1-4H3,(H,31,35)/t28-/m0/s1. The lowest BCUT2D eigenvalue weighted by Crippen LogP contribution is -2.53. The van der Waals surface area contributed by atoms with E-state index >= 15 is 0 Å². The molecule has 0 fully saturated rings. The molecule has 2 amide bonds. The average Bonchev–Trinajstić information content (AvgIpc) is 2.93. The SMILES string of the molecule is CCNC(=O)[C@H](Cc1ccccc1)N(Cc1cccc(OC)c1)C(=O)CN(c1ccccc1CC)S(C)(=O)=O. The lowest BCUT2D eigenvalue weighted by molar-refractivity contribution is -0.140. The Morgan fingerprint density at radius 2 is 1.59 bits per heavy atom. The summed E-state index contributed by atoms with van der Waals surface area (Å²) in [6, 6.07) is 23.0. The second kappa shape index (κ2) is 13.8. The lowest BCUT2D eigenvalue weighted by Gasteiger charge is -2.34. The molecule has 0 unspecified atom stereocenters. The average molecular weight is 552 g/mol. The van der Waals surface area contributed by atoms with Gasteiger partial charge in [0.25, 0.3) is 0 Å². The predicted molar refractivity (Wildman–Crippen MR) is 154 cm³/mol. The quantitative estimate of drug-likeness (QED) is 0.349. The Balaban J connectivity index is 2.07. The molecule has 0 bridgehead atoms. The first kappa shape index (κ1) is 29.7. The van der Waals surface area contributed by atoms with Crippen LogP contribution in [0.1, 0.15) is 30.5 Å². The molecule has 0 aromatic heterocycles. The molecule has 3 rings (SSSR count). The number of hydrogen-bond donors (Lipinski definition) is 1. The monoisotopic (exact) mass is 551 g/mol. The maximum absolute atomic E-state index is 14.1. The molecule has 0 spiro atoms. The molecular formula is C30H37N3O5S. The van der Waals surface area contributed by atoms with Gasteiger partial charge in [-0.1, -0.05) is 67.6 Å². The van der Waals surface area contributed by atoms with Gasteiger partial charge in [-0.15, -0.1) is 0 Å². The maximum atomic E-state index is 14.1. The number of nitrogens with zero attached hydrogens (tertiary/aromatic N) is 2. The Morgan fingerprint density at radius 3 is 2.23 bits per heavy atom. The van der Waals surface area contributed by atoms with E-state index < -0.39 is 28.5 Å². The van der Waals surface area contributed by atoms with Crippen molar-refractivity contribution >= 4 is 27.5 Å². The van der Waals surface area contributed by atoms with Crippen molar-refractivity contribution in [2.45, 2.75) is 39.3 Å². The zero-order valence-corrected chi connectivity index (χ0v) is 23.8. The van der Waals surface area contributed by atoms with Crippen LogP contribution in [0.2, 0.25) is 0 Å². The van der Waals surface area contributed by atoms with Crippen molar-refractivity contribution in [1.29, 1.82) is 0 Å². The van der Waals surface area contributed by atoms with Crippen LogP contribution < -0.4 is 14.4 Å². The third kappa shape index (κ3) is 8.07. The summed E-state index contributed by atoms with van der Waals surface area (Å²) in [5.41, 5.74) is 2.90. The highest BCUT2D eigenvalue weighted by atomic mass is 32.2. The number of aryl methyl sites for hydroxylation is 1. The Labute approximate surface area is 231 Å². The van der Waals surface area contributed by atoms with Crippen molar-refractivity contribution in [1.82, 2.24) is 10.2 Å². The molecule has 1 N–H and O–H groups in total. The van der Waals surface area contributed by atoms with Gasteiger partial charge in [-0.3, -0.25) is 13.9 Å². The molecule has 0 aliphatic rings. The molecule has 0 saturated heterocycles. The van der Waals surface area contributed by atoms with Crippen molar-refractivity contribution in [3.05, 3.63) is 95.6 Å². The molecule has 208 valence electrons. The van der Waals surface area contributed by atoms with Crippen LogP contribution in [0, 0.1) is 0 Å². The smallest absolute Gasteiger partial charge is 0.244 e. The molecule has 39 heavy (non-hydrogen) atoms. The van der Waals surface area contributed by atoms with E-state index in [2.05, 4.69) is 5.32 Å². The van der Waals surface area contributed by atoms with E-state index in [-0.39, 0.29) is 18.9 Å². The van der Waals surface area contributed by atoms with E-state index in [1.54, 1.807) is 31.4 Å². The normalized spacial score (nSPS) is 11.9. The summed E-state index contributed by atoms with van der Waals surface area (Å²) in [7, 11) is -2.25. The Bertz CT molecular complexity index is 1360. The van der Waals surface area contributed by atoms with Crippen molar-refractivity contribution in [2.24, 2.45) is 0 Å². The summed E-state index contributed by atoms with van der Waals surface area (Å²) in [6.45, 7) is 3.80. The molecule has 0 radical (unpaired) electrons. The largest absolute Gasteiger partial charge is 0.497 e. The fourth-order valence-electron chi connectivity index (χ4n) is 4.46. The van der Waals surface area contributed by atoms with Gasteiger partial charge in [0.15, 0.2) is 0 Å². The number of methoxy groups -OCH3 is 1. The molecule has 0 aliphatic carbocycles. The van der Waals surface area contributed by atoms with Crippen LogP contribution in [-0.4, -0.2) is 57.6 Å². The summed E-state index contributed by atoms with van der Waals surface area (Å²) >= 11 is 0. The number of likely N-dealkylation sites (N-methyl/N-ethyl adjacent to an activating group) is 1. The molecule has 3 aromatic carbocycles. The molecular weight excluding hydrogens is 514 g/mol. The highest BCUT2D eigenvalue weighted by Crippen LogP contribution is 2.25. The van der Waals surface area contributed by atoms with E-state index in [1.807, 2.05) is 68.4 Å². The minimum absolute atomic E-state index is 0.0949. The first-order valence-electron chi connectivity index (χ1n) is 13.0. The zero-order chi connectivity index (χ0) is 28.4. The first-order chi connectivity index (χ1) is 18.7. The topological polar surface area (TPSA) is 96.0 Å². The van der Waals surface area contributed by atoms with Gasteiger partial charge >= 0.3 is 0 Å². The predicted octanol–water partition coefficient (Wildman–Crippen LogP) is 3.80. The zero-order valence-electron chi connectivity index (χ0n) is 23.0. The van der Waals surface area contributed by atoms with Gasteiger partial charge in [-0.25, -0.2) is 8.42 Å². The van der Waals surface area contributed by atoms with Crippen LogP contribution in [0.4, 0.5) is 5.69 Å². The minimum Gasteiger partial charge on any atom is -0.497 e. The van der Waals surface area contributed by atoms with Gasteiger partial charge in [-0.2, -0.15) is 0 Å². The minimum atomic E-state index is -3.81. The van der Waals surface area contributed by atoms with Crippen molar-refractivity contribution in [2.75, 3.05) is 30.8 Å². The fourth-order valence-corrected chi connectivity index (χ4v) is 5.34. The lowest BCUT2D eigenvalue weighted by atomic mass is 10.0. The van der Waals surface area contributed by atoms with Crippen LogP contribution in [0.5, 0.6) is 5.75 Å². The third-order valence-corrected chi connectivity index (χ3v) is 7.56. The van der Waals surface area contributed by atoms with Crippen LogP contribution in [-0.2, 0) is 39.0 Å². The van der Waals surface area contributed by atoms with Gasteiger partial charge in [0.05, 0.1) is 19.1 Å². The summed E-state index contributed by atoms with van der Waals surface area (Å²) in [5, 5.41) is 2.85. The number of nitrogens with one attached hydrogen (secondary N) is 1. The molecule has 1 atom stereocenters. The summed E-state index contributed by atoms with van der Waals surface area (Å²) in [4.78, 5) is 29.0. The number of anilines is 1. The number of amides is 2. The number of carbonyl (C=O) groups excluding carboxylic acids is 2. The summed E-state index contributed by atoms with van der Waals surface area (Å²) in [6.07, 6.45) is 1.95. The number of rotatable bonds is 13. The van der Waals surface area contributed by atoms with Crippen LogP contribution in [0.15, 0.2) is 78.9 Å². The first-order valence-corrected chi connectivity index (χ1v) is 14.8. The fraction of sp³-hybridized carbons (Fsp3) is 0.333. The Hall–Kier alpha value is -3.85. The van der Waals surface area contributed by atoms with E-state index in [0.717, 1.165) is 27.3 Å². The molecule has 0 saturated carbocycles. The number of para-hydroxylation sites is 1. The second-order valence-corrected chi connectivity index (χ2v) is 11.1. The molecule has 9 heteroatoms. The van der Waals surface area contributed by atoms with Gasteiger partial charge in [0.2, 0.25) is 21.8 Å². The van der Waals surface area contributed by atoms with E-state index in [4.69, 9.17) is 4.74 Å². The number of sulfonamides is 1. The third-order valence-electron chi connectivity index (χ3n) is 6.43. The Morgan fingerprint density at radius 1 is 0.923 bits per heavy atom. The highest BCUT2D eigenvalue weighted by molar-refractivity contribution is 7.92. The van der Waals surface area contributed by atoms with E-state index in [1.165, 1.54) is 4.90 Å². The number of benzene rings is 3. The van der Waals surface area contributed by atoms with Crippen molar-refractivity contribution in [3.8, 4) is 5.75 Å². The molecule has 0 heterocycles. The van der Waals surface area contributed by atoms with Gasteiger partial charge < -0.3 is 15.0 Å². The van der Waals surface area contributed by atoms with Gasteiger partial charge in [-0.05, 0) is 48.2 Å². The molecule has 3 aromatic rings. The second-order valence-electron chi connectivity index (χ2n) is 9.23.